The summed E-state index contributed by atoms with van der Waals surface area (Å²) in [6.45, 7) is 5.86. The van der Waals surface area contributed by atoms with Gasteiger partial charge in [-0.1, -0.05) is 43.7 Å². The Morgan fingerprint density at radius 1 is 1.40 bits per heavy atom. The molecule has 3 unspecified atom stereocenters. The Labute approximate surface area is 122 Å². The molecule has 3 nitrogen and oxygen atoms in total. The van der Waals surface area contributed by atoms with Crippen LogP contribution in [0.5, 0.6) is 0 Å². The highest BCUT2D eigenvalue weighted by atomic mass is 16.2. The van der Waals surface area contributed by atoms with Gasteiger partial charge in [0, 0.05) is 25.6 Å². The lowest BCUT2D eigenvalue weighted by Gasteiger charge is -2.39. The molecule has 0 saturated carbocycles. The molecule has 2 rings (SSSR count). The summed E-state index contributed by atoms with van der Waals surface area (Å²) < 4.78 is 0. The Morgan fingerprint density at radius 3 is 2.70 bits per heavy atom. The summed E-state index contributed by atoms with van der Waals surface area (Å²) in [6, 6.07) is 10.7. The topological polar surface area (TPSA) is 46.3 Å². The molecule has 1 fully saturated rings. The summed E-state index contributed by atoms with van der Waals surface area (Å²) in [5, 5.41) is 0. The van der Waals surface area contributed by atoms with Gasteiger partial charge in [0.15, 0.2) is 0 Å². The molecule has 1 heterocycles. The molecular weight excluding hydrogens is 248 g/mol. The second-order valence-electron chi connectivity index (χ2n) is 6.00. The maximum atomic E-state index is 12.2. The number of benzene rings is 1. The van der Waals surface area contributed by atoms with E-state index >= 15 is 0 Å². The summed E-state index contributed by atoms with van der Waals surface area (Å²) in [5.74, 6) is 1.36. The number of likely N-dealkylation sites (tertiary alicyclic amines) is 1. The van der Waals surface area contributed by atoms with Crippen LogP contribution in [0.3, 0.4) is 0 Å². The van der Waals surface area contributed by atoms with Crippen molar-refractivity contribution in [2.24, 2.45) is 11.7 Å². The van der Waals surface area contributed by atoms with Crippen LogP contribution in [0.1, 0.15) is 44.6 Å². The van der Waals surface area contributed by atoms with E-state index in [1.165, 1.54) is 5.56 Å². The first-order valence-electron chi connectivity index (χ1n) is 7.70. The minimum absolute atomic E-state index is 0.0468. The van der Waals surface area contributed by atoms with Crippen LogP contribution >= 0.6 is 0 Å². The molecule has 1 saturated heterocycles. The van der Waals surface area contributed by atoms with Crippen molar-refractivity contribution in [2.75, 3.05) is 13.1 Å². The monoisotopic (exact) mass is 274 g/mol. The summed E-state index contributed by atoms with van der Waals surface area (Å²) >= 11 is 0. The highest BCUT2D eigenvalue weighted by Gasteiger charge is 2.31. The number of hydrogen-bond donors (Lipinski definition) is 1. The van der Waals surface area contributed by atoms with E-state index < -0.39 is 0 Å². The second kappa shape index (κ2) is 6.89. The number of nitrogens with two attached hydrogens (primary N) is 1. The predicted octanol–water partition coefficient (Wildman–Crippen LogP) is 2.77. The Kier molecular flexibility index (Phi) is 5.18. The van der Waals surface area contributed by atoms with Crippen molar-refractivity contribution >= 4 is 5.91 Å². The quantitative estimate of drug-likeness (QED) is 0.917. The number of rotatable bonds is 4. The summed E-state index contributed by atoms with van der Waals surface area (Å²) in [5.41, 5.74) is 7.15. The van der Waals surface area contributed by atoms with Gasteiger partial charge in [-0.3, -0.25) is 4.79 Å². The van der Waals surface area contributed by atoms with Crippen LogP contribution in [0, 0.1) is 5.92 Å². The molecule has 1 amide bonds. The standard InChI is InChI=1S/C17H26N2O/c1-3-14-12-19(17(20)11-13(2)18)10-9-16(14)15-7-5-4-6-8-15/h4-8,13-14,16H,3,9-12,18H2,1-2H3. The van der Waals surface area contributed by atoms with E-state index in [4.69, 9.17) is 5.73 Å². The third kappa shape index (κ3) is 3.60. The van der Waals surface area contributed by atoms with Gasteiger partial charge in [0.2, 0.25) is 5.91 Å². The summed E-state index contributed by atoms with van der Waals surface area (Å²) in [6.07, 6.45) is 2.64. The smallest absolute Gasteiger partial charge is 0.224 e. The largest absolute Gasteiger partial charge is 0.342 e. The molecule has 1 aliphatic rings. The van der Waals surface area contributed by atoms with Crippen molar-refractivity contribution in [3.05, 3.63) is 35.9 Å². The van der Waals surface area contributed by atoms with Gasteiger partial charge in [-0.2, -0.15) is 0 Å². The van der Waals surface area contributed by atoms with E-state index in [9.17, 15) is 4.79 Å². The maximum absolute atomic E-state index is 12.2. The minimum Gasteiger partial charge on any atom is -0.342 e. The van der Waals surface area contributed by atoms with Gasteiger partial charge in [0.25, 0.3) is 0 Å². The Hall–Kier alpha value is -1.35. The van der Waals surface area contributed by atoms with E-state index in [1.807, 2.05) is 11.8 Å². The van der Waals surface area contributed by atoms with Crippen molar-refractivity contribution < 1.29 is 4.79 Å². The molecular formula is C17H26N2O. The molecule has 3 heteroatoms. The van der Waals surface area contributed by atoms with Gasteiger partial charge in [-0.25, -0.2) is 0 Å². The van der Waals surface area contributed by atoms with Gasteiger partial charge in [-0.05, 0) is 30.7 Å². The number of piperidine rings is 1. The molecule has 1 aliphatic heterocycles. The molecule has 2 N–H and O–H groups in total. The van der Waals surface area contributed by atoms with Gasteiger partial charge in [0.05, 0.1) is 0 Å². The fourth-order valence-electron chi connectivity index (χ4n) is 3.22. The van der Waals surface area contributed by atoms with Crippen molar-refractivity contribution in [1.82, 2.24) is 4.90 Å². The van der Waals surface area contributed by atoms with Crippen molar-refractivity contribution in [3.8, 4) is 0 Å². The van der Waals surface area contributed by atoms with Gasteiger partial charge >= 0.3 is 0 Å². The zero-order valence-corrected chi connectivity index (χ0v) is 12.6. The Morgan fingerprint density at radius 2 is 2.10 bits per heavy atom. The SMILES string of the molecule is CCC1CN(C(=O)CC(C)N)CCC1c1ccccc1. The van der Waals surface area contributed by atoms with Gasteiger partial charge < -0.3 is 10.6 Å². The average molecular weight is 274 g/mol. The third-order valence-corrected chi connectivity index (χ3v) is 4.34. The zero-order chi connectivity index (χ0) is 14.5. The molecule has 110 valence electrons. The first kappa shape index (κ1) is 15.0. The number of amides is 1. The average Bonchev–Trinajstić information content (AvgIpc) is 2.46. The van der Waals surface area contributed by atoms with Gasteiger partial charge in [0.1, 0.15) is 0 Å². The third-order valence-electron chi connectivity index (χ3n) is 4.34. The Bertz CT molecular complexity index is 430. The van der Waals surface area contributed by atoms with E-state index in [0.717, 1.165) is 25.9 Å². The molecule has 20 heavy (non-hydrogen) atoms. The lowest BCUT2D eigenvalue weighted by molar-refractivity contribution is -0.133. The number of carbonyl (C=O) groups excluding carboxylic acids is 1. The van der Waals surface area contributed by atoms with Crippen LogP contribution in [-0.2, 0) is 4.79 Å². The first-order chi connectivity index (χ1) is 9.61. The maximum Gasteiger partial charge on any atom is 0.224 e. The van der Waals surface area contributed by atoms with E-state index in [1.54, 1.807) is 0 Å². The zero-order valence-electron chi connectivity index (χ0n) is 12.6. The predicted molar refractivity (Wildman–Crippen MR) is 82.4 cm³/mol. The summed E-state index contributed by atoms with van der Waals surface area (Å²) in [7, 11) is 0. The van der Waals surface area contributed by atoms with Crippen LogP contribution < -0.4 is 5.73 Å². The van der Waals surface area contributed by atoms with Crippen molar-refractivity contribution in [2.45, 2.75) is 45.1 Å². The number of carbonyl (C=O) groups is 1. The van der Waals surface area contributed by atoms with Crippen LogP contribution in [0.4, 0.5) is 0 Å². The van der Waals surface area contributed by atoms with Crippen LogP contribution in [-0.4, -0.2) is 29.9 Å². The normalized spacial score (nSPS) is 24.4. The number of hydrogen-bond acceptors (Lipinski definition) is 2. The lowest BCUT2D eigenvalue weighted by atomic mass is 9.79. The van der Waals surface area contributed by atoms with Gasteiger partial charge in [-0.15, -0.1) is 0 Å². The minimum atomic E-state index is -0.0468. The molecule has 3 atom stereocenters. The first-order valence-corrected chi connectivity index (χ1v) is 7.70. The summed E-state index contributed by atoms with van der Waals surface area (Å²) in [4.78, 5) is 14.2. The highest BCUT2D eigenvalue weighted by molar-refractivity contribution is 5.76. The highest BCUT2D eigenvalue weighted by Crippen LogP contribution is 2.34. The van der Waals surface area contributed by atoms with Crippen LogP contribution in [0.25, 0.3) is 0 Å². The van der Waals surface area contributed by atoms with E-state index in [2.05, 4.69) is 37.3 Å². The molecule has 0 aliphatic carbocycles. The fourth-order valence-corrected chi connectivity index (χ4v) is 3.22. The fraction of sp³-hybridized carbons (Fsp3) is 0.588. The van der Waals surface area contributed by atoms with Crippen LogP contribution in [0.15, 0.2) is 30.3 Å². The van der Waals surface area contributed by atoms with Crippen molar-refractivity contribution in [3.63, 3.8) is 0 Å². The van der Waals surface area contributed by atoms with E-state index in [0.29, 0.717) is 18.3 Å². The van der Waals surface area contributed by atoms with Crippen molar-refractivity contribution in [1.29, 1.82) is 0 Å². The molecule has 0 aromatic heterocycles. The number of nitrogens with zero attached hydrogens (tertiary/aromatic N) is 1. The molecule has 0 bridgehead atoms. The van der Waals surface area contributed by atoms with E-state index in [-0.39, 0.29) is 11.9 Å². The molecule has 0 spiro atoms. The lowest BCUT2D eigenvalue weighted by Crippen LogP contribution is -2.44. The molecule has 0 radical (unpaired) electrons. The second-order valence-corrected chi connectivity index (χ2v) is 6.00. The molecule has 1 aromatic carbocycles. The van der Waals surface area contributed by atoms with Crippen LogP contribution in [0.2, 0.25) is 0 Å². The Balaban J connectivity index is 2.03. The molecule has 1 aromatic rings.